The molecule has 0 saturated carbocycles. The number of thiophene rings is 1. The van der Waals surface area contributed by atoms with E-state index in [4.69, 9.17) is 11.6 Å². The number of halogens is 1. The predicted octanol–water partition coefficient (Wildman–Crippen LogP) is 3.36. The van der Waals surface area contributed by atoms with Gasteiger partial charge in [-0.1, -0.05) is 41.4 Å². The minimum Gasteiger partial charge on any atom is -0.319 e. The molecule has 1 aromatic heterocycles. The van der Waals surface area contributed by atoms with Gasteiger partial charge >= 0.3 is 6.03 Å². The molecule has 1 aliphatic rings. The molecule has 2 heterocycles. The fourth-order valence-corrected chi connectivity index (χ4v) is 3.58. The molecule has 24 heavy (non-hydrogen) atoms. The highest BCUT2D eigenvalue weighted by Gasteiger charge is 2.49. The van der Waals surface area contributed by atoms with Crippen molar-refractivity contribution in [3.8, 4) is 0 Å². The van der Waals surface area contributed by atoms with Crippen LogP contribution in [-0.4, -0.2) is 29.2 Å². The largest absolute Gasteiger partial charge is 0.325 e. The lowest BCUT2D eigenvalue weighted by molar-refractivity contribution is -0.130. The minimum absolute atomic E-state index is 0.303. The Balaban J connectivity index is 1.83. The van der Waals surface area contributed by atoms with Gasteiger partial charge in [0.25, 0.3) is 5.91 Å². The van der Waals surface area contributed by atoms with Gasteiger partial charge in [-0.25, -0.2) is 4.79 Å². The lowest BCUT2D eigenvalue weighted by Crippen LogP contribution is -2.41. The Morgan fingerprint density at radius 2 is 1.88 bits per heavy atom. The summed E-state index contributed by atoms with van der Waals surface area (Å²) in [6, 6.07) is 9.99. The summed E-state index contributed by atoms with van der Waals surface area (Å²) in [7, 11) is 0. The predicted molar refractivity (Wildman–Crippen MR) is 92.4 cm³/mol. The van der Waals surface area contributed by atoms with E-state index < -0.39 is 17.5 Å². The van der Waals surface area contributed by atoms with Crippen LogP contribution in [0.1, 0.15) is 27.7 Å². The second-order valence-electron chi connectivity index (χ2n) is 5.84. The van der Waals surface area contributed by atoms with Crippen molar-refractivity contribution in [3.63, 3.8) is 0 Å². The van der Waals surface area contributed by atoms with Crippen LogP contribution >= 0.6 is 22.9 Å². The molecule has 3 rings (SSSR count). The second-order valence-corrected chi connectivity index (χ2v) is 7.55. The Bertz CT molecular complexity index is 831. The van der Waals surface area contributed by atoms with Gasteiger partial charge in [-0.3, -0.25) is 14.5 Å². The molecule has 124 valence electrons. The zero-order valence-electron chi connectivity index (χ0n) is 13.1. The third-order valence-electron chi connectivity index (χ3n) is 4.05. The highest BCUT2D eigenvalue weighted by Crippen LogP contribution is 2.29. The quantitative estimate of drug-likeness (QED) is 0.670. The van der Waals surface area contributed by atoms with Crippen molar-refractivity contribution < 1.29 is 14.4 Å². The van der Waals surface area contributed by atoms with E-state index in [0.29, 0.717) is 14.8 Å². The highest BCUT2D eigenvalue weighted by molar-refractivity contribution is 7.18. The van der Waals surface area contributed by atoms with E-state index in [1.807, 2.05) is 19.1 Å². The van der Waals surface area contributed by atoms with E-state index in [0.717, 1.165) is 21.8 Å². The van der Waals surface area contributed by atoms with Crippen LogP contribution < -0.4 is 5.32 Å². The van der Waals surface area contributed by atoms with Crippen molar-refractivity contribution in [2.24, 2.45) is 0 Å². The number of amides is 3. The van der Waals surface area contributed by atoms with Crippen LogP contribution in [0.2, 0.25) is 4.34 Å². The standard InChI is InChI=1S/C17H15ClN2O3S/c1-10-3-5-11(6-4-10)17(2)15(22)20(16(23)19-17)9-12(21)13-7-8-14(18)24-13/h3-8H,9H2,1-2H3,(H,19,23)/t17-/m0/s1. The zero-order chi connectivity index (χ0) is 17.5. The van der Waals surface area contributed by atoms with Crippen LogP contribution in [0.3, 0.4) is 0 Å². The van der Waals surface area contributed by atoms with Gasteiger partial charge in [0, 0.05) is 0 Å². The number of carbonyl (C=O) groups is 3. The molecule has 1 fully saturated rings. The van der Waals surface area contributed by atoms with Gasteiger partial charge in [-0.2, -0.15) is 0 Å². The molecular weight excluding hydrogens is 348 g/mol. The number of imide groups is 1. The summed E-state index contributed by atoms with van der Waals surface area (Å²) in [6.45, 7) is 3.28. The fourth-order valence-electron chi connectivity index (χ4n) is 2.61. The summed E-state index contributed by atoms with van der Waals surface area (Å²) in [6.07, 6.45) is 0. The molecule has 3 amide bonds. The highest BCUT2D eigenvalue weighted by atomic mass is 35.5. The average molecular weight is 363 g/mol. The maximum atomic E-state index is 12.8. The van der Waals surface area contributed by atoms with E-state index in [9.17, 15) is 14.4 Å². The van der Waals surface area contributed by atoms with Crippen molar-refractivity contribution >= 4 is 40.7 Å². The monoisotopic (exact) mass is 362 g/mol. The van der Waals surface area contributed by atoms with Gasteiger partial charge in [-0.15, -0.1) is 11.3 Å². The smallest absolute Gasteiger partial charge is 0.319 e. The number of benzene rings is 1. The first-order valence-electron chi connectivity index (χ1n) is 7.31. The van der Waals surface area contributed by atoms with E-state index in [-0.39, 0.29) is 12.3 Å². The summed E-state index contributed by atoms with van der Waals surface area (Å²) in [5.74, 6) is -0.754. The molecule has 1 N–H and O–H groups in total. The average Bonchev–Trinajstić information content (AvgIpc) is 3.06. The van der Waals surface area contributed by atoms with Crippen LogP contribution in [0.15, 0.2) is 36.4 Å². The molecule has 1 aliphatic heterocycles. The number of aryl methyl sites for hydroxylation is 1. The Morgan fingerprint density at radius 1 is 1.21 bits per heavy atom. The molecule has 1 aromatic carbocycles. The van der Waals surface area contributed by atoms with Gasteiger partial charge in [-0.05, 0) is 31.5 Å². The maximum absolute atomic E-state index is 12.8. The lowest BCUT2D eigenvalue weighted by atomic mass is 9.91. The third kappa shape index (κ3) is 2.83. The zero-order valence-corrected chi connectivity index (χ0v) is 14.7. The summed E-state index contributed by atoms with van der Waals surface area (Å²) < 4.78 is 0.486. The van der Waals surface area contributed by atoms with Gasteiger partial charge < -0.3 is 5.32 Å². The molecule has 1 atom stereocenters. The van der Waals surface area contributed by atoms with Crippen LogP contribution in [0.5, 0.6) is 0 Å². The third-order valence-corrected chi connectivity index (χ3v) is 5.33. The van der Waals surface area contributed by atoms with Gasteiger partial charge in [0.15, 0.2) is 5.78 Å². The van der Waals surface area contributed by atoms with Crippen molar-refractivity contribution in [2.45, 2.75) is 19.4 Å². The molecule has 0 radical (unpaired) electrons. The molecule has 0 unspecified atom stereocenters. The van der Waals surface area contributed by atoms with E-state index in [2.05, 4.69) is 5.32 Å². The minimum atomic E-state index is -1.17. The molecule has 1 saturated heterocycles. The number of Topliss-reactive ketones (excluding diaryl/α,β-unsaturated/α-hetero) is 1. The summed E-state index contributed by atoms with van der Waals surface area (Å²) >= 11 is 6.95. The number of urea groups is 1. The first-order chi connectivity index (χ1) is 11.3. The van der Waals surface area contributed by atoms with Crippen LogP contribution in [0.25, 0.3) is 0 Å². The van der Waals surface area contributed by atoms with Crippen molar-refractivity contribution in [1.29, 1.82) is 0 Å². The number of ketones is 1. The first kappa shape index (κ1) is 16.7. The topological polar surface area (TPSA) is 66.5 Å². The SMILES string of the molecule is Cc1ccc([C@]2(C)NC(=O)N(CC(=O)c3ccc(Cl)s3)C2=O)cc1. The summed E-state index contributed by atoms with van der Waals surface area (Å²) in [5, 5.41) is 2.69. The summed E-state index contributed by atoms with van der Waals surface area (Å²) in [4.78, 5) is 38.6. The van der Waals surface area contributed by atoms with Crippen molar-refractivity contribution in [3.05, 3.63) is 56.7 Å². The van der Waals surface area contributed by atoms with Crippen LogP contribution in [0, 0.1) is 6.92 Å². The van der Waals surface area contributed by atoms with Crippen LogP contribution in [0.4, 0.5) is 4.79 Å². The van der Waals surface area contributed by atoms with Gasteiger partial charge in [0.05, 0.1) is 15.8 Å². The molecule has 5 nitrogen and oxygen atoms in total. The molecule has 7 heteroatoms. The lowest BCUT2D eigenvalue weighted by Gasteiger charge is -2.22. The van der Waals surface area contributed by atoms with Crippen LogP contribution in [-0.2, 0) is 10.3 Å². The number of rotatable bonds is 4. The Kier molecular flexibility index (Phi) is 4.19. The molecular formula is C17H15ClN2O3S. The summed E-state index contributed by atoms with van der Waals surface area (Å²) in [5.41, 5.74) is 0.569. The maximum Gasteiger partial charge on any atom is 0.325 e. The van der Waals surface area contributed by atoms with E-state index in [1.54, 1.807) is 31.2 Å². The van der Waals surface area contributed by atoms with Crippen molar-refractivity contribution in [2.75, 3.05) is 6.54 Å². The Morgan fingerprint density at radius 3 is 2.46 bits per heavy atom. The Hall–Kier alpha value is -2.18. The van der Waals surface area contributed by atoms with E-state index in [1.165, 1.54) is 0 Å². The van der Waals surface area contributed by atoms with Crippen molar-refractivity contribution in [1.82, 2.24) is 10.2 Å². The number of nitrogens with zero attached hydrogens (tertiary/aromatic N) is 1. The molecule has 0 aliphatic carbocycles. The molecule has 2 aromatic rings. The number of carbonyl (C=O) groups excluding carboxylic acids is 3. The number of hydrogen-bond donors (Lipinski definition) is 1. The fraction of sp³-hybridized carbons (Fsp3) is 0.235. The second kappa shape index (κ2) is 6.03. The number of nitrogens with one attached hydrogen (secondary N) is 1. The number of hydrogen-bond acceptors (Lipinski definition) is 4. The Labute approximate surface area is 148 Å². The normalized spacial score (nSPS) is 20.4. The molecule has 0 bridgehead atoms. The van der Waals surface area contributed by atoms with E-state index >= 15 is 0 Å². The first-order valence-corrected chi connectivity index (χ1v) is 8.50. The van der Waals surface area contributed by atoms with Gasteiger partial charge in [0.2, 0.25) is 0 Å². The van der Waals surface area contributed by atoms with Gasteiger partial charge in [0.1, 0.15) is 5.54 Å². The molecule has 0 spiro atoms.